The van der Waals surface area contributed by atoms with Crippen LogP contribution in [0.3, 0.4) is 0 Å². The molecule has 1 atom stereocenters. The van der Waals surface area contributed by atoms with Crippen LogP contribution in [0.4, 0.5) is 5.69 Å². The molecule has 2 heterocycles. The minimum absolute atomic E-state index is 0.178. The molecular formula is C21H22N4O2S. The van der Waals surface area contributed by atoms with E-state index in [1.807, 2.05) is 43.3 Å². The third-order valence-corrected chi connectivity index (χ3v) is 5.07. The van der Waals surface area contributed by atoms with Crippen LogP contribution in [0.5, 0.6) is 0 Å². The van der Waals surface area contributed by atoms with Crippen molar-refractivity contribution in [3.05, 3.63) is 65.2 Å². The molecule has 0 saturated carbocycles. The van der Waals surface area contributed by atoms with Crippen LogP contribution in [0.1, 0.15) is 42.0 Å². The maximum Gasteiger partial charge on any atom is 0.265 e. The number of nitrogens with zero attached hydrogens (tertiary/aromatic N) is 2. The smallest absolute Gasteiger partial charge is 0.265 e. The lowest BCUT2D eigenvalue weighted by Crippen LogP contribution is -2.27. The molecule has 2 N–H and O–H groups in total. The number of pyridine rings is 1. The van der Waals surface area contributed by atoms with Gasteiger partial charge in [-0.3, -0.25) is 14.6 Å². The van der Waals surface area contributed by atoms with E-state index in [4.69, 9.17) is 0 Å². The molecule has 0 aliphatic rings. The summed E-state index contributed by atoms with van der Waals surface area (Å²) in [4.78, 5) is 29.9. The summed E-state index contributed by atoms with van der Waals surface area (Å²) in [7, 11) is 0. The van der Waals surface area contributed by atoms with Crippen molar-refractivity contribution in [1.82, 2.24) is 14.7 Å². The lowest BCUT2D eigenvalue weighted by atomic mass is 10.1. The van der Waals surface area contributed by atoms with Crippen LogP contribution >= 0.6 is 11.5 Å². The molecule has 0 saturated heterocycles. The highest BCUT2D eigenvalue weighted by Gasteiger charge is 2.25. The molecule has 2 aromatic heterocycles. The van der Waals surface area contributed by atoms with E-state index in [9.17, 15) is 9.59 Å². The van der Waals surface area contributed by atoms with Gasteiger partial charge in [-0.2, -0.15) is 4.37 Å². The maximum atomic E-state index is 12.9. The van der Waals surface area contributed by atoms with Crippen LogP contribution in [-0.2, 0) is 4.79 Å². The van der Waals surface area contributed by atoms with Gasteiger partial charge in [0.2, 0.25) is 5.91 Å². The second kappa shape index (κ2) is 8.75. The maximum absolute atomic E-state index is 12.9. The third kappa shape index (κ3) is 4.43. The minimum Gasteiger partial charge on any atom is -0.345 e. The average Bonchev–Trinajstić information content (AvgIpc) is 3.12. The number of amides is 2. The first-order valence-electron chi connectivity index (χ1n) is 9.05. The summed E-state index contributed by atoms with van der Waals surface area (Å²) in [5.74, 6) is -0.687. The Balaban J connectivity index is 1.92. The van der Waals surface area contributed by atoms with Crippen LogP contribution in [-0.4, -0.2) is 21.2 Å². The number of carbonyl (C=O) groups is 2. The monoisotopic (exact) mass is 394 g/mol. The molecule has 6 nitrogen and oxygen atoms in total. The highest BCUT2D eigenvalue weighted by molar-refractivity contribution is 7.09. The first-order valence-corrected chi connectivity index (χ1v) is 9.82. The molecule has 0 spiro atoms. The largest absolute Gasteiger partial charge is 0.345 e. The molecule has 0 fully saturated rings. The number of aromatic nitrogens is 2. The Hall–Kier alpha value is -3.06. The van der Waals surface area contributed by atoms with E-state index in [1.54, 1.807) is 32.2 Å². The van der Waals surface area contributed by atoms with Gasteiger partial charge in [-0.1, -0.05) is 50.2 Å². The molecule has 3 rings (SSSR count). The van der Waals surface area contributed by atoms with Crippen molar-refractivity contribution in [3.63, 3.8) is 0 Å². The first-order chi connectivity index (χ1) is 13.5. The van der Waals surface area contributed by atoms with Crippen LogP contribution < -0.4 is 10.6 Å². The zero-order valence-electron chi connectivity index (χ0n) is 16.0. The van der Waals surface area contributed by atoms with Gasteiger partial charge >= 0.3 is 0 Å². The molecule has 1 aromatic carbocycles. The number of rotatable bonds is 6. The van der Waals surface area contributed by atoms with Gasteiger partial charge < -0.3 is 10.6 Å². The number of anilines is 1. The number of carbonyl (C=O) groups excluding carboxylic acids is 2. The Kier molecular flexibility index (Phi) is 6.16. The molecule has 0 aliphatic carbocycles. The van der Waals surface area contributed by atoms with Crippen molar-refractivity contribution in [2.45, 2.75) is 26.8 Å². The van der Waals surface area contributed by atoms with Gasteiger partial charge in [-0.15, -0.1) is 0 Å². The van der Waals surface area contributed by atoms with E-state index in [0.29, 0.717) is 22.0 Å². The van der Waals surface area contributed by atoms with Crippen molar-refractivity contribution in [2.75, 3.05) is 5.32 Å². The fourth-order valence-corrected chi connectivity index (χ4v) is 3.34. The fraction of sp³-hybridized carbons (Fsp3) is 0.238. The van der Waals surface area contributed by atoms with Crippen LogP contribution in [0.15, 0.2) is 54.7 Å². The van der Waals surface area contributed by atoms with E-state index in [2.05, 4.69) is 20.0 Å². The summed E-state index contributed by atoms with van der Waals surface area (Å²) in [6.07, 6.45) is 1.65. The zero-order valence-corrected chi connectivity index (χ0v) is 16.8. The predicted octanol–water partition coefficient (Wildman–Crippen LogP) is 4.29. The molecule has 0 unspecified atom stereocenters. The minimum atomic E-state index is -0.282. The Morgan fingerprint density at radius 3 is 2.36 bits per heavy atom. The van der Waals surface area contributed by atoms with Crippen LogP contribution in [0.25, 0.3) is 11.4 Å². The lowest BCUT2D eigenvalue weighted by molar-refractivity contribution is -0.118. The van der Waals surface area contributed by atoms with Gasteiger partial charge in [0.1, 0.15) is 10.6 Å². The van der Waals surface area contributed by atoms with Crippen LogP contribution in [0.2, 0.25) is 0 Å². The SMILES string of the molecule is CC(C)C(=O)Nc1c(-c2ccccn2)nsc1C(=O)N[C@@H](C)c1ccccc1. The van der Waals surface area contributed by atoms with Crippen molar-refractivity contribution in [1.29, 1.82) is 0 Å². The summed E-state index contributed by atoms with van der Waals surface area (Å²) in [5.41, 5.74) is 2.50. The Morgan fingerprint density at radius 1 is 1.00 bits per heavy atom. The quantitative estimate of drug-likeness (QED) is 0.653. The van der Waals surface area contributed by atoms with Gasteiger partial charge in [0.25, 0.3) is 5.91 Å². The highest BCUT2D eigenvalue weighted by Crippen LogP contribution is 2.33. The Labute approximate surface area is 168 Å². The van der Waals surface area contributed by atoms with Gasteiger partial charge in [-0.05, 0) is 36.2 Å². The number of benzene rings is 1. The molecule has 0 aliphatic heterocycles. The van der Waals surface area contributed by atoms with Gasteiger partial charge in [0.05, 0.1) is 17.4 Å². The van der Waals surface area contributed by atoms with Crippen molar-refractivity contribution in [2.24, 2.45) is 5.92 Å². The molecule has 144 valence electrons. The summed E-state index contributed by atoms with van der Waals surface area (Å²) >= 11 is 1.05. The summed E-state index contributed by atoms with van der Waals surface area (Å²) in [6.45, 7) is 5.51. The second-order valence-electron chi connectivity index (χ2n) is 6.70. The fourth-order valence-electron chi connectivity index (χ4n) is 2.59. The van der Waals surface area contributed by atoms with E-state index in [-0.39, 0.29) is 23.8 Å². The van der Waals surface area contributed by atoms with Gasteiger partial charge in [-0.25, -0.2) is 0 Å². The highest BCUT2D eigenvalue weighted by atomic mass is 32.1. The topological polar surface area (TPSA) is 84.0 Å². The van der Waals surface area contributed by atoms with Crippen molar-refractivity contribution >= 4 is 29.0 Å². The zero-order chi connectivity index (χ0) is 20.1. The van der Waals surface area contributed by atoms with E-state index in [0.717, 1.165) is 17.1 Å². The Morgan fingerprint density at radius 2 is 1.71 bits per heavy atom. The average molecular weight is 395 g/mol. The molecule has 7 heteroatoms. The molecule has 28 heavy (non-hydrogen) atoms. The van der Waals surface area contributed by atoms with E-state index in [1.165, 1.54) is 0 Å². The summed E-state index contributed by atoms with van der Waals surface area (Å²) < 4.78 is 4.40. The van der Waals surface area contributed by atoms with Crippen molar-refractivity contribution < 1.29 is 9.59 Å². The van der Waals surface area contributed by atoms with E-state index < -0.39 is 0 Å². The molecular weight excluding hydrogens is 372 g/mol. The Bertz CT molecular complexity index is 955. The van der Waals surface area contributed by atoms with E-state index >= 15 is 0 Å². The number of hydrogen-bond donors (Lipinski definition) is 2. The van der Waals surface area contributed by atoms with Crippen molar-refractivity contribution in [3.8, 4) is 11.4 Å². The van der Waals surface area contributed by atoms with Gasteiger partial charge in [0.15, 0.2) is 0 Å². The second-order valence-corrected chi connectivity index (χ2v) is 7.47. The normalized spacial score (nSPS) is 11.9. The summed E-state index contributed by atoms with van der Waals surface area (Å²) in [5, 5.41) is 5.84. The molecule has 2 amide bonds. The lowest BCUT2D eigenvalue weighted by Gasteiger charge is -2.15. The summed E-state index contributed by atoms with van der Waals surface area (Å²) in [6, 6.07) is 15.0. The third-order valence-electron chi connectivity index (χ3n) is 4.23. The first kappa shape index (κ1) is 19.7. The standard InChI is InChI=1S/C21H22N4O2S/c1-13(2)20(26)24-18-17(16-11-7-8-12-22-16)25-28-19(18)21(27)23-14(3)15-9-5-4-6-10-15/h4-14H,1-3H3,(H,23,27)(H,24,26)/t14-/m0/s1. The molecule has 0 bridgehead atoms. The van der Waals surface area contributed by atoms with Gasteiger partial charge in [0, 0.05) is 12.1 Å². The number of hydrogen-bond acceptors (Lipinski definition) is 5. The predicted molar refractivity (Wildman–Crippen MR) is 111 cm³/mol. The molecule has 0 radical (unpaired) electrons. The van der Waals surface area contributed by atoms with Crippen LogP contribution in [0, 0.1) is 5.92 Å². The molecule has 3 aromatic rings. The number of nitrogens with one attached hydrogen (secondary N) is 2.